The molecule has 0 saturated carbocycles. The minimum atomic E-state index is 0.236. The van der Waals surface area contributed by atoms with Crippen molar-refractivity contribution in [1.82, 2.24) is 20.0 Å². The fraction of sp³-hybridized carbons (Fsp3) is 0.714. The van der Waals surface area contributed by atoms with Gasteiger partial charge in [-0.15, -0.1) is 0 Å². The number of likely N-dealkylation sites (tertiary alicyclic amines) is 1. The molecule has 1 saturated heterocycles. The van der Waals surface area contributed by atoms with Gasteiger partial charge in [-0.3, -0.25) is 14.8 Å². The van der Waals surface area contributed by atoms with Gasteiger partial charge >= 0.3 is 0 Å². The largest absolute Gasteiger partial charge is 0.341 e. The molecule has 0 aliphatic carbocycles. The molecule has 1 N–H and O–H groups in total. The molecule has 1 aromatic heterocycles. The Hall–Kier alpha value is -1.36. The predicted octanol–water partition coefficient (Wildman–Crippen LogP) is 1.46. The lowest BCUT2D eigenvalue weighted by molar-refractivity contribution is -0.133. The van der Waals surface area contributed by atoms with E-state index in [4.69, 9.17) is 0 Å². The van der Waals surface area contributed by atoms with Gasteiger partial charge in [0.1, 0.15) is 0 Å². The first-order valence-electron chi connectivity index (χ1n) is 7.05. The molecule has 0 bridgehead atoms. The number of nitrogens with one attached hydrogen (secondary N) is 1. The summed E-state index contributed by atoms with van der Waals surface area (Å²) in [6.45, 7) is 6.42. The van der Waals surface area contributed by atoms with Gasteiger partial charge in [0.25, 0.3) is 0 Å². The average molecular weight is 264 g/mol. The van der Waals surface area contributed by atoms with Crippen LogP contribution in [-0.2, 0) is 4.79 Å². The monoisotopic (exact) mass is 264 g/mol. The van der Waals surface area contributed by atoms with Crippen molar-refractivity contribution in [1.29, 1.82) is 0 Å². The summed E-state index contributed by atoms with van der Waals surface area (Å²) in [7, 11) is 2.00. The summed E-state index contributed by atoms with van der Waals surface area (Å²) >= 11 is 0. The number of amides is 1. The third-order valence-corrected chi connectivity index (χ3v) is 4.00. The van der Waals surface area contributed by atoms with Crippen LogP contribution in [0.25, 0.3) is 0 Å². The Kier molecular flexibility index (Phi) is 4.58. The molecule has 0 radical (unpaired) electrons. The number of piperidine rings is 1. The SMILES string of the molecule is CC(C)N(C)CC(=O)N1CCC[C@@H](c2ccn[nH]2)C1. The molecule has 1 aromatic rings. The van der Waals surface area contributed by atoms with Crippen LogP contribution >= 0.6 is 0 Å². The number of aromatic amines is 1. The van der Waals surface area contributed by atoms with E-state index in [2.05, 4.69) is 28.9 Å². The third kappa shape index (κ3) is 3.56. The Bertz CT molecular complexity index is 402. The molecule has 0 spiro atoms. The van der Waals surface area contributed by atoms with E-state index in [1.54, 1.807) is 6.20 Å². The molecule has 5 nitrogen and oxygen atoms in total. The second kappa shape index (κ2) is 6.19. The zero-order chi connectivity index (χ0) is 13.8. The lowest BCUT2D eigenvalue weighted by Crippen LogP contribution is -2.45. The van der Waals surface area contributed by atoms with Gasteiger partial charge in [-0.1, -0.05) is 0 Å². The average Bonchev–Trinajstić information content (AvgIpc) is 2.92. The van der Waals surface area contributed by atoms with E-state index >= 15 is 0 Å². The zero-order valence-corrected chi connectivity index (χ0v) is 12.1. The lowest BCUT2D eigenvalue weighted by Gasteiger charge is -2.34. The predicted molar refractivity (Wildman–Crippen MR) is 74.9 cm³/mol. The van der Waals surface area contributed by atoms with E-state index < -0.39 is 0 Å². The van der Waals surface area contributed by atoms with E-state index in [1.807, 2.05) is 18.0 Å². The molecule has 1 aliphatic rings. The highest BCUT2D eigenvalue weighted by Crippen LogP contribution is 2.25. The highest BCUT2D eigenvalue weighted by Gasteiger charge is 2.26. The lowest BCUT2D eigenvalue weighted by atomic mass is 9.95. The maximum absolute atomic E-state index is 12.3. The van der Waals surface area contributed by atoms with Crippen LogP contribution in [0.5, 0.6) is 0 Å². The number of likely N-dealkylation sites (N-methyl/N-ethyl adjacent to an activating group) is 1. The maximum atomic E-state index is 12.3. The molecule has 1 atom stereocenters. The number of nitrogens with zero attached hydrogens (tertiary/aromatic N) is 3. The van der Waals surface area contributed by atoms with Gasteiger partial charge in [0, 0.05) is 36.9 Å². The molecule has 1 fully saturated rings. The maximum Gasteiger partial charge on any atom is 0.236 e. The topological polar surface area (TPSA) is 52.2 Å². The van der Waals surface area contributed by atoms with Gasteiger partial charge in [0.2, 0.25) is 5.91 Å². The van der Waals surface area contributed by atoms with Crippen LogP contribution < -0.4 is 0 Å². The van der Waals surface area contributed by atoms with Crippen molar-refractivity contribution in [3.8, 4) is 0 Å². The van der Waals surface area contributed by atoms with Crippen LogP contribution in [-0.4, -0.2) is 58.6 Å². The van der Waals surface area contributed by atoms with Gasteiger partial charge in [0.15, 0.2) is 0 Å². The van der Waals surface area contributed by atoms with Crippen LogP contribution in [0.2, 0.25) is 0 Å². The first kappa shape index (κ1) is 14.1. The van der Waals surface area contributed by atoms with Gasteiger partial charge in [-0.2, -0.15) is 5.10 Å². The summed E-state index contributed by atoms with van der Waals surface area (Å²) in [5.74, 6) is 0.643. The highest BCUT2D eigenvalue weighted by atomic mass is 16.2. The van der Waals surface area contributed by atoms with E-state index in [0.717, 1.165) is 31.6 Å². The molecule has 2 heterocycles. The quantitative estimate of drug-likeness (QED) is 0.895. The van der Waals surface area contributed by atoms with E-state index in [1.165, 1.54) is 0 Å². The summed E-state index contributed by atoms with van der Waals surface area (Å²) in [4.78, 5) is 16.4. The second-order valence-corrected chi connectivity index (χ2v) is 5.70. The number of rotatable bonds is 4. The summed E-state index contributed by atoms with van der Waals surface area (Å²) in [5, 5.41) is 7.03. The molecule has 0 unspecified atom stereocenters. The molecular formula is C14H24N4O. The molecule has 19 heavy (non-hydrogen) atoms. The van der Waals surface area contributed by atoms with E-state index in [9.17, 15) is 4.79 Å². The molecule has 2 rings (SSSR count). The van der Waals surface area contributed by atoms with Crippen molar-refractivity contribution in [2.45, 2.75) is 38.6 Å². The fourth-order valence-electron chi connectivity index (χ4n) is 2.45. The van der Waals surface area contributed by atoms with Crippen molar-refractivity contribution in [3.05, 3.63) is 18.0 Å². The van der Waals surface area contributed by atoms with Gasteiger partial charge in [0.05, 0.1) is 6.54 Å². The Morgan fingerprint density at radius 3 is 3.05 bits per heavy atom. The second-order valence-electron chi connectivity index (χ2n) is 5.70. The Labute approximate surface area is 115 Å². The zero-order valence-electron chi connectivity index (χ0n) is 12.1. The van der Waals surface area contributed by atoms with Crippen LogP contribution in [0.15, 0.2) is 12.3 Å². The number of carbonyl (C=O) groups is 1. The molecule has 5 heteroatoms. The van der Waals surface area contributed by atoms with E-state index in [-0.39, 0.29) is 5.91 Å². The van der Waals surface area contributed by atoms with Gasteiger partial charge in [-0.25, -0.2) is 0 Å². The van der Waals surface area contributed by atoms with Crippen molar-refractivity contribution in [3.63, 3.8) is 0 Å². The molecule has 1 aliphatic heterocycles. The number of H-pyrrole nitrogens is 1. The van der Waals surface area contributed by atoms with Crippen LogP contribution in [0.1, 0.15) is 38.3 Å². The first-order valence-corrected chi connectivity index (χ1v) is 7.05. The molecule has 106 valence electrons. The van der Waals surface area contributed by atoms with Crippen LogP contribution in [0, 0.1) is 0 Å². The summed E-state index contributed by atoms with van der Waals surface area (Å²) in [6, 6.07) is 2.41. The van der Waals surface area contributed by atoms with Crippen molar-refractivity contribution in [2.75, 3.05) is 26.7 Å². The highest BCUT2D eigenvalue weighted by molar-refractivity contribution is 5.78. The number of hydrogen-bond donors (Lipinski definition) is 1. The molecule has 0 aromatic carbocycles. The van der Waals surface area contributed by atoms with Crippen LogP contribution in [0.3, 0.4) is 0 Å². The van der Waals surface area contributed by atoms with Crippen molar-refractivity contribution >= 4 is 5.91 Å². The smallest absolute Gasteiger partial charge is 0.236 e. The summed E-state index contributed by atoms with van der Waals surface area (Å²) in [5.41, 5.74) is 1.15. The molecule has 1 amide bonds. The first-order chi connectivity index (χ1) is 9.08. The van der Waals surface area contributed by atoms with Crippen molar-refractivity contribution < 1.29 is 4.79 Å². The Morgan fingerprint density at radius 1 is 1.63 bits per heavy atom. The standard InChI is InChI=1S/C14H24N4O/c1-11(2)17(3)10-14(19)18-8-4-5-12(9-18)13-6-7-15-16-13/h6-7,11-12H,4-5,8-10H2,1-3H3,(H,15,16)/t12-/m1/s1. The third-order valence-electron chi connectivity index (χ3n) is 4.00. The minimum absolute atomic E-state index is 0.236. The number of hydrogen-bond acceptors (Lipinski definition) is 3. The minimum Gasteiger partial charge on any atom is -0.341 e. The van der Waals surface area contributed by atoms with Gasteiger partial charge in [-0.05, 0) is 39.8 Å². The molecular weight excluding hydrogens is 240 g/mol. The van der Waals surface area contributed by atoms with Crippen molar-refractivity contribution in [2.24, 2.45) is 0 Å². The normalized spacial score (nSPS) is 20.3. The fourth-order valence-corrected chi connectivity index (χ4v) is 2.45. The van der Waals surface area contributed by atoms with Crippen LogP contribution in [0.4, 0.5) is 0 Å². The number of aromatic nitrogens is 2. The summed E-state index contributed by atoms with van der Waals surface area (Å²) in [6.07, 6.45) is 3.98. The Morgan fingerprint density at radius 2 is 2.42 bits per heavy atom. The number of carbonyl (C=O) groups excluding carboxylic acids is 1. The Balaban J connectivity index is 1.92. The summed E-state index contributed by atoms with van der Waals surface area (Å²) < 4.78 is 0. The van der Waals surface area contributed by atoms with E-state index in [0.29, 0.717) is 18.5 Å². The van der Waals surface area contributed by atoms with Gasteiger partial charge < -0.3 is 4.90 Å².